The molecule has 1 aromatic rings. The maximum absolute atomic E-state index is 12.5. The van der Waals surface area contributed by atoms with Crippen LogP contribution < -0.4 is 0 Å². The molecule has 1 heterocycles. The normalized spacial score (nSPS) is 15.6. The number of aryl methyl sites for hydroxylation is 1. The minimum Gasteiger partial charge on any atom is -0.322 e. The van der Waals surface area contributed by atoms with Crippen LogP contribution in [0.2, 0.25) is 0 Å². The molecule has 5 nitrogen and oxygen atoms in total. The van der Waals surface area contributed by atoms with Crippen LogP contribution in [0.25, 0.3) is 0 Å². The zero-order valence-electron chi connectivity index (χ0n) is 10.9. The van der Waals surface area contributed by atoms with Crippen molar-refractivity contribution in [2.45, 2.75) is 38.6 Å². The number of nitrogens with zero attached hydrogens (tertiary/aromatic N) is 4. The second-order valence-electron chi connectivity index (χ2n) is 4.80. The van der Waals surface area contributed by atoms with Crippen LogP contribution in [0.1, 0.15) is 41.7 Å². The van der Waals surface area contributed by atoms with Gasteiger partial charge >= 0.3 is 0 Å². The number of aromatic nitrogens is 2. The fourth-order valence-corrected chi connectivity index (χ4v) is 2.52. The van der Waals surface area contributed by atoms with Crippen LogP contribution in [-0.4, -0.2) is 33.2 Å². The number of nitriles is 1. The van der Waals surface area contributed by atoms with E-state index in [1.165, 1.54) is 0 Å². The summed E-state index contributed by atoms with van der Waals surface area (Å²) in [6.45, 7) is 2.04. The Morgan fingerprint density at radius 2 is 2.28 bits per heavy atom. The molecule has 1 aliphatic carbocycles. The van der Waals surface area contributed by atoms with Gasteiger partial charge in [0.05, 0.1) is 17.8 Å². The molecule has 0 aliphatic heterocycles. The molecule has 0 unspecified atom stereocenters. The van der Waals surface area contributed by atoms with Gasteiger partial charge in [-0.3, -0.25) is 9.48 Å². The lowest BCUT2D eigenvalue weighted by Gasteiger charge is -2.26. The van der Waals surface area contributed by atoms with E-state index in [9.17, 15) is 4.79 Å². The third kappa shape index (κ3) is 2.23. The summed E-state index contributed by atoms with van der Waals surface area (Å²) in [5.74, 6) is -0.0611. The molecule has 1 fully saturated rings. The highest BCUT2D eigenvalue weighted by atomic mass is 16.2. The summed E-state index contributed by atoms with van der Waals surface area (Å²) in [5.41, 5.74) is 1.46. The van der Waals surface area contributed by atoms with E-state index in [2.05, 4.69) is 11.2 Å². The maximum Gasteiger partial charge on any atom is 0.258 e. The van der Waals surface area contributed by atoms with E-state index in [1.54, 1.807) is 15.8 Å². The van der Waals surface area contributed by atoms with Gasteiger partial charge in [0, 0.05) is 18.8 Å². The zero-order chi connectivity index (χ0) is 13.1. The van der Waals surface area contributed by atoms with E-state index in [0.717, 1.165) is 31.4 Å². The molecule has 0 radical (unpaired) electrons. The molecular formula is C13H18N4O. The van der Waals surface area contributed by atoms with Gasteiger partial charge in [-0.2, -0.15) is 10.4 Å². The van der Waals surface area contributed by atoms with E-state index in [1.807, 2.05) is 14.0 Å². The van der Waals surface area contributed by atoms with E-state index < -0.39 is 0 Å². The maximum atomic E-state index is 12.5. The highest BCUT2D eigenvalue weighted by Gasteiger charge is 2.28. The summed E-state index contributed by atoms with van der Waals surface area (Å²) < 4.78 is 1.69. The summed E-state index contributed by atoms with van der Waals surface area (Å²) in [5, 5.41) is 13.0. The van der Waals surface area contributed by atoms with Crippen LogP contribution in [0.3, 0.4) is 0 Å². The van der Waals surface area contributed by atoms with Crippen molar-refractivity contribution in [3.63, 3.8) is 0 Å². The van der Waals surface area contributed by atoms with Gasteiger partial charge in [0.25, 0.3) is 5.91 Å². The van der Waals surface area contributed by atoms with Gasteiger partial charge in [-0.1, -0.05) is 12.8 Å². The van der Waals surface area contributed by atoms with Gasteiger partial charge in [-0.15, -0.1) is 0 Å². The Morgan fingerprint density at radius 1 is 1.61 bits per heavy atom. The highest BCUT2D eigenvalue weighted by Crippen LogP contribution is 2.25. The van der Waals surface area contributed by atoms with E-state index in [-0.39, 0.29) is 18.5 Å². The number of carbonyl (C=O) groups excluding carboxylic acids is 1. The second kappa shape index (κ2) is 5.21. The molecule has 0 bridgehead atoms. The highest BCUT2D eigenvalue weighted by molar-refractivity contribution is 5.95. The summed E-state index contributed by atoms with van der Waals surface area (Å²) in [7, 11) is 1.82. The van der Waals surface area contributed by atoms with Gasteiger partial charge in [-0.05, 0) is 19.8 Å². The molecule has 1 aliphatic rings. The topological polar surface area (TPSA) is 61.9 Å². The van der Waals surface area contributed by atoms with Gasteiger partial charge in [0.15, 0.2) is 0 Å². The first kappa shape index (κ1) is 12.6. The lowest BCUT2D eigenvalue weighted by atomic mass is 10.1. The minimum absolute atomic E-state index is 0.0611. The van der Waals surface area contributed by atoms with Crippen molar-refractivity contribution in [2.24, 2.45) is 7.05 Å². The van der Waals surface area contributed by atoms with Crippen LogP contribution in [0.5, 0.6) is 0 Å². The molecule has 0 spiro atoms. The van der Waals surface area contributed by atoms with Crippen LogP contribution in [-0.2, 0) is 7.05 Å². The van der Waals surface area contributed by atoms with Crippen LogP contribution in [0.15, 0.2) is 6.20 Å². The Bertz CT molecular complexity index is 480. The molecule has 0 aromatic carbocycles. The number of carbonyl (C=O) groups is 1. The molecule has 0 N–H and O–H groups in total. The third-order valence-corrected chi connectivity index (χ3v) is 3.73. The Hall–Kier alpha value is -1.83. The number of hydrogen-bond donors (Lipinski definition) is 0. The fraction of sp³-hybridized carbons (Fsp3) is 0.615. The average molecular weight is 246 g/mol. The van der Waals surface area contributed by atoms with Crippen molar-refractivity contribution >= 4 is 5.91 Å². The van der Waals surface area contributed by atoms with Crippen molar-refractivity contribution < 1.29 is 4.79 Å². The molecule has 1 aromatic heterocycles. The molecule has 2 rings (SSSR count). The minimum atomic E-state index is -0.0611. The van der Waals surface area contributed by atoms with Gasteiger partial charge in [0.2, 0.25) is 0 Å². The zero-order valence-corrected chi connectivity index (χ0v) is 10.9. The number of rotatable bonds is 3. The summed E-state index contributed by atoms with van der Waals surface area (Å²) >= 11 is 0. The van der Waals surface area contributed by atoms with Gasteiger partial charge in [-0.25, -0.2) is 0 Å². The number of hydrogen-bond acceptors (Lipinski definition) is 3. The predicted octanol–water partition coefficient (Wildman–Crippen LogP) is 1.64. The summed E-state index contributed by atoms with van der Waals surface area (Å²) in [6.07, 6.45) is 5.90. The van der Waals surface area contributed by atoms with E-state index in [0.29, 0.717) is 5.56 Å². The first-order valence-electron chi connectivity index (χ1n) is 6.31. The van der Waals surface area contributed by atoms with Crippen molar-refractivity contribution in [1.82, 2.24) is 14.7 Å². The Kier molecular flexibility index (Phi) is 3.66. The van der Waals surface area contributed by atoms with E-state index >= 15 is 0 Å². The molecule has 5 heteroatoms. The quantitative estimate of drug-likeness (QED) is 0.762. The molecular weight excluding hydrogens is 228 g/mol. The molecule has 18 heavy (non-hydrogen) atoms. The van der Waals surface area contributed by atoms with Crippen LogP contribution >= 0.6 is 0 Å². The Balaban J connectivity index is 2.23. The lowest BCUT2D eigenvalue weighted by Crippen LogP contribution is -2.39. The standard InChI is InChI=1S/C13H18N4O/c1-10-12(9-15-16(10)2)13(18)17(8-7-14)11-5-3-4-6-11/h9,11H,3-6,8H2,1-2H3. The lowest BCUT2D eigenvalue weighted by molar-refractivity contribution is 0.0708. The largest absolute Gasteiger partial charge is 0.322 e. The smallest absolute Gasteiger partial charge is 0.258 e. The van der Waals surface area contributed by atoms with Crippen molar-refractivity contribution in [1.29, 1.82) is 5.26 Å². The van der Waals surface area contributed by atoms with Gasteiger partial charge < -0.3 is 4.90 Å². The monoisotopic (exact) mass is 246 g/mol. The summed E-state index contributed by atoms with van der Waals surface area (Å²) in [6, 6.07) is 2.32. The van der Waals surface area contributed by atoms with E-state index in [4.69, 9.17) is 5.26 Å². The van der Waals surface area contributed by atoms with Crippen molar-refractivity contribution in [3.8, 4) is 6.07 Å². The average Bonchev–Trinajstić information content (AvgIpc) is 2.98. The van der Waals surface area contributed by atoms with Gasteiger partial charge in [0.1, 0.15) is 6.54 Å². The third-order valence-electron chi connectivity index (χ3n) is 3.73. The van der Waals surface area contributed by atoms with Crippen molar-refractivity contribution in [3.05, 3.63) is 17.5 Å². The second-order valence-corrected chi connectivity index (χ2v) is 4.80. The Morgan fingerprint density at radius 3 is 2.78 bits per heavy atom. The first-order chi connectivity index (χ1) is 8.65. The molecule has 0 saturated heterocycles. The van der Waals surface area contributed by atoms with Crippen LogP contribution in [0, 0.1) is 18.3 Å². The molecule has 1 saturated carbocycles. The number of amides is 1. The van der Waals surface area contributed by atoms with Crippen LogP contribution in [0.4, 0.5) is 0 Å². The first-order valence-corrected chi connectivity index (χ1v) is 6.31. The Labute approximate surface area is 107 Å². The SMILES string of the molecule is Cc1c(C(=O)N(CC#N)C2CCCC2)cnn1C. The molecule has 96 valence electrons. The summed E-state index contributed by atoms with van der Waals surface area (Å²) in [4.78, 5) is 14.2. The predicted molar refractivity (Wildman–Crippen MR) is 66.9 cm³/mol. The molecule has 1 amide bonds. The fourth-order valence-electron chi connectivity index (χ4n) is 2.52. The van der Waals surface area contributed by atoms with Crippen molar-refractivity contribution in [2.75, 3.05) is 6.54 Å². The molecule has 0 atom stereocenters.